The minimum Gasteiger partial charge on any atom is -0.493 e. The molecule has 1 N–H and O–H groups in total. The van der Waals surface area contributed by atoms with Crippen LogP contribution < -0.4 is 14.8 Å². The summed E-state index contributed by atoms with van der Waals surface area (Å²) in [6, 6.07) is 7.64. The maximum Gasteiger partial charge on any atom is 0.193 e. The lowest BCUT2D eigenvalue weighted by atomic mass is 10.3. The van der Waals surface area contributed by atoms with Crippen LogP contribution in [0, 0.1) is 0 Å². The molecule has 7 nitrogen and oxygen atoms in total. The molecular weight excluding hydrogens is 318 g/mol. The van der Waals surface area contributed by atoms with Crippen molar-refractivity contribution in [2.75, 3.05) is 27.7 Å². The van der Waals surface area contributed by atoms with E-state index in [9.17, 15) is 0 Å². The number of ether oxygens (including phenoxy) is 2. The highest BCUT2D eigenvalue weighted by Crippen LogP contribution is 2.26. The SMILES string of the molecule is CN=C(NCC(C)Oc1ccccc1OC)N(C)Cc1cnn(C)c1. The fraction of sp³-hybridized carbons (Fsp3) is 0.444. The molecular formula is C18H27N5O2. The number of aryl methyl sites for hydroxylation is 1. The van der Waals surface area contributed by atoms with Crippen molar-refractivity contribution in [3.63, 3.8) is 0 Å². The fourth-order valence-corrected chi connectivity index (χ4v) is 2.50. The number of methoxy groups -OCH3 is 1. The van der Waals surface area contributed by atoms with Gasteiger partial charge in [0.2, 0.25) is 0 Å². The fourth-order valence-electron chi connectivity index (χ4n) is 2.50. The molecule has 0 spiro atoms. The summed E-state index contributed by atoms with van der Waals surface area (Å²) < 4.78 is 13.1. The molecule has 0 aliphatic carbocycles. The molecule has 1 aromatic heterocycles. The third-order valence-electron chi connectivity index (χ3n) is 3.70. The molecule has 1 atom stereocenters. The van der Waals surface area contributed by atoms with Gasteiger partial charge in [-0.15, -0.1) is 0 Å². The number of nitrogens with zero attached hydrogens (tertiary/aromatic N) is 4. The highest BCUT2D eigenvalue weighted by Gasteiger charge is 2.12. The summed E-state index contributed by atoms with van der Waals surface area (Å²) in [7, 11) is 7.32. The van der Waals surface area contributed by atoms with Gasteiger partial charge in [0.25, 0.3) is 0 Å². The van der Waals surface area contributed by atoms with Crippen molar-refractivity contribution in [2.45, 2.75) is 19.6 Å². The lowest BCUT2D eigenvalue weighted by Crippen LogP contribution is -2.42. The number of benzene rings is 1. The zero-order chi connectivity index (χ0) is 18.2. The second-order valence-electron chi connectivity index (χ2n) is 5.89. The molecule has 2 aromatic rings. The van der Waals surface area contributed by atoms with Gasteiger partial charge in [0.05, 0.1) is 19.9 Å². The molecule has 0 saturated heterocycles. The second-order valence-corrected chi connectivity index (χ2v) is 5.89. The average Bonchev–Trinajstić information content (AvgIpc) is 3.00. The predicted octanol–water partition coefficient (Wildman–Crippen LogP) is 1.90. The van der Waals surface area contributed by atoms with E-state index in [4.69, 9.17) is 9.47 Å². The van der Waals surface area contributed by atoms with Crippen molar-refractivity contribution in [1.29, 1.82) is 0 Å². The number of hydrogen-bond donors (Lipinski definition) is 1. The predicted molar refractivity (Wildman–Crippen MR) is 99.1 cm³/mol. The molecule has 1 aromatic carbocycles. The van der Waals surface area contributed by atoms with Crippen LogP contribution in [0.1, 0.15) is 12.5 Å². The number of aliphatic imine (C=N–C) groups is 1. The Hall–Kier alpha value is -2.70. The van der Waals surface area contributed by atoms with Crippen LogP contribution in [0.4, 0.5) is 0 Å². The summed E-state index contributed by atoms with van der Waals surface area (Å²) in [4.78, 5) is 6.38. The lowest BCUT2D eigenvalue weighted by molar-refractivity contribution is 0.212. The van der Waals surface area contributed by atoms with Crippen molar-refractivity contribution in [2.24, 2.45) is 12.0 Å². The van der Waals surface area contributed by atoms with Gasteiger partial charge in [-0.05, 0) is 19.1 Å². The van der Waals surface area contributed by atoms with Crippen molar-refractivity contribution in [3.8, 4) is 11.5 Å². The largest absolute Gasteiger partial charge is 0.493 e. The summed E-state index contributed by atoms with van der Waals surface area (Å²) >= 11 is 0. The molecule has 25 heavy (non-hydrogen) atoms. The highest BCUT2D eigenvalue weighted by molar-refractivity contribution is 5.79. The third kappa shape index (κ3) is 5.41. The van der Waals surface area contributed by atoms with E-state index in [-0.39, 0.29) is 6.10 Å². The van der Waals surface area contributed by atoms with Crippen molar-refractivity contribution >= 4 is 5.96 Å². The van der Waals surface area contributed by atoms with E-state index in [1.165, 1.54) is 0 Å². The van der Waals surface area contributed by atoms with E-state index in [1.54, 1.807) is 18.8 Å². The highest BCUT2D eigenvalue weighted by atomic mass is 16.5. The molecule has 0 saturated carbocycles. The minimum atomic E-state index is -0.0418. The summed E-state index contributed by atoms with van der Waals surface area (Å²) in [5, 5.41) is 7.53. The van der Waals surface area contributed by atoms with Gasteiger partial charge in [0, 0.05) is 39.4 Å². The van der Waals surface area contributed by atoms with Gasteiger partial charge in [-0.1, -0.05) is 12.1 Å². The van der Waals surface area contributed by atoms with Gasteiger partial charge in [-0.2, -0.15) is 5.10 Å². The Morgan fingerprint density at radius 3 is 2.68 bits per heavy atom. The zero-order valence-electron chi connectivity index (χ0n) is 15.6. The normalized spacial score (nSPS) is 12.6. The molecule has 0 radical (unpaired) electrons. The van der Waals surface area contributed by atoms with Gasteiger partial charge >= 0.3 is 0 Å². The first-order valence-corrected chi connectivity index (χ1v) is 8.22. The Balaban J connectivity index is 1.87. The number of aromatic nitrogens is 2. The van der Waals surface area contributed by atoms with Crippen molar-refractivity contribution < 1.29 is 9.47 Å². The minimum absolute atomic E-state index is 0.0418. The molecule has 1 heterocycles. The number of para-hydroxylation sites is 2. The van der Waals surface area contributed by atoms with Crippen LogP contribution in [0.25, 0.3) is 0 Å². The van der Waals surface area contributed by atoms with Crippen LogP contribution in [-0.2, 0) is 13.6 Å². The van der Waals surface area contributed by atoms with Crippen LogP contribution in [0.5, 0.6) is 11.5 Å². The second kappa shape index (κ2) is 8.96. The Morgan fingerprint density at radius 1 is 1.36 bits per heavy atom. The molecule has 0 bridgehead atoms. The topological polar surface area (TPSA) is 63.9 Å². The summed E-state index contributed by atoms with van der Waals surface area (Å²) in [5.41, 5.74) is 1.13. The zero-order valence-corrected chi connectivity index (χ0v) is 15.6. The van der Waals surface area contributed by atoms with Gasteiger partial charge in [-0.3, -0.25) is 9.67 Å². The quantitative estimate of drug-likeness (QED) is 0.613. The van der Waals surface area contributed by atoms with Crippen LogP contribution in [0.2, 0.25) is 0 Å². The molecule has 0 amide bonds. The maximum absolute atomic E-state index is 5.96. The van der Waals surface area contributed by atoms with E-state index >= 15 is 0 Å². The first kappa shape index (κ1) is 18.6. The van der Waals surface area contributed by atoms with E-state index in [0.29, 0.717) is 6.54 Å². The van der Waals surface area contributed by atoms with Gasteiger partial charge in [-0.25, -0.2) is 0 Å². The number of guanidine groups is 1. The van der Waals surface area contributed by atoms with E-state index < -0.39 is 0 Å². The number of nitrogens with one attached hydrogen (secondary N) is 1. The maximum atomic E-state index is 5.96. The molecule has 136 valence electrons. The first-order chi connectivity index (χ1) is 12.0. The molecule has 2 rings (SSSR count). The standard InChI is InChI=1S/C18H27N5O2/c1-14(25-17-9-7-6-8-16(17)24-5)10-20-18(19-2)22(3)12-15-11-21-23(4)13-15/h6-9,11,13-14H,10,12H2,1-5H3,(H,19,20). The van der Waals surface area contributed by atoms with Crippen LogP contribution in [0.15, 0.2) is 41.7 Å². The summed E-state index contributed by atoms with van der Waals surface area (Å²) in [6.45, 7) is 3.37. The number of hydrogen-bond acceptors (Lipinski definition) is 4. The van der Waals surface area contributed by atoms with Crippen molar-refractivity contribution in [1.82, 2.24) is 20.0 Å². The molecule has 0 aliphatic rings. The smallest absolute Gasteiger partial charge is 0.193 e. The van der Waals surface area contributed by atoms with Gasteiger partial charge in [0.15, 0.2) is 17.5 Å². The van der Waals surface area contributed by atoms with E-state index in [1.807, 2.05) is 62.6 Å². The van der Waals surface area contributed by atoms with E-state index in [0.717, 1.165) is 29.6 Å². The Bertz CT molecular complexity index is 698. The van der Waals surface area contributed by atoms with Crippen LogP contribution in [-0.4, -0.2) is 54.5 Å². The Labute approximate surface area is 149 Å². The molecule has 1 unspecified atom stereocenters. The number of rotatable bonds is 7. The monoisotopic (exact) mass is 345 g/mol. The van der Waals surface area contributed by atoms with Gasteiger partial charge < -0.3 is 19.7 Å². The summed E-state index contributed by atoms with van der Waals surface area (Å²) in [5.74, 6) is 2.27. The molecule has 7 heteroatoms. The molecule has 0 fully saturated rings. The van der Waals surface area contributed by atoms with Gasteiger partial charge in [0.1, 0.15) is 6.10 Å². The average molecular weight is 345 g/mol. The Morgan fingerprint density at radius 2 is 2.08 bits per heavy atom. The van der Waals surface area contributed by atoms with E-state index in [2.05, 4.69) is 15.4 Å². The molecule has 0 aliphatic heterocycles. The summed E-state index contributed by atoms with van der Waals surface area (Å²) in [6.07, 6.45) is 3.81. The first-order valence-electron chi connectivity index (χ1n) is 8.22. The van der Waals surface area contributed by atoms with Crippen LogP contribution >= 0.6 is 0 Å². The Kier molecular flexibility index (Phi) is 6.68. The van der Waals surface area contributed by atoms with Crippen molar-refractivity contribution in [3.05, 3.63) is 42.2 Å². The lowest BCUT2D eigenvalue weighted by Gasteiger charge is -2.23. The van der Waals surface area contributed by atoms with Crippen LogP contribution in [0.3, 0.4) is 0 Å². The third-order valence-corrected chi connectivity index (χ3v) is 3.70.